The van der Waals surface area contributed by atoms with E-state index >= 15 is 0 Å². The molecule has 2 heterocycles. The Hall–Kier alpha value is -1.91. The minimum atomic E-state index is -0.275. The highest BCUT2D eigenvalue weighted by atomic mass is 16.2. The second-order valence-corrected chi connectivity index (χ2v) is 4.28. The maximum atomic E-state index is 11.9. The number of pyridine rings is 1. The number of hydrogen-bond donors (Lipinski definition) is 2. The lowest BCUT2D eigenvalue weighted by atomic mass is 10.1. The summed E-state index contributed by atoms with van der Waals surface area (Å²) in [6.45, 7) is 4.17. The van der Waals surface area contributed by atoms with Crippen molar-refractivity contribution >= 4 is 17.5 Å². The number of nitrogens with one attached hydrogen (secondary N) is 2. The van der Waals surface area contributed by atoms with Crippen molar-refractivity contribution in [2.45, 2.75) is 20.3 Å². The quantitative estimate of drug-likeness (QED) is 0.792. The molecule has 1 aliphatic rings. The van der Waals surface area contributed by atoms with E-state index in [1.807, 2.05) is 26.0 Å². The highest BCUT2D eigenvalue weighted by Gasteiger charge is 2.28. The zero-order valence-corrected chi connectivity index (χ0v) is 9.91. The number of rotatable bonds is 2. The number of carbonyl (C=O) groups is 2. The second-order valence-electron chi connectivity index (χ2n) is 4.28. The first-order valence-electron chi connectivity index (χ1n) is 5.58. The van der Waals surface area contributed by atoms with Crippen LogP contribution in [0.15, 0.2) is 12.1 Å². The summed E-state index contributed by atoms with van der Waals surface area (Å²) in [5.41, 5.74) is 2.41. The number of anilines is 1. The molecule has 5 nitrogen and oxygen atoms in total. The van der Waals surface area contributed by atoms with Crippen LogP contribution in [-0.4, -0.2) is 23.3 Å². The third-order valence-electron chi connectivity index (χ3n) is 2.83. The molecule has 1 unspecified atom stereocenters. The molecule has 90 valence electrons. The highest BCUT2D eigenvalue weighted by Crippen LogP contribution is 2.16. The molecule has 2 N–H and O–H groups in total. The van der Waals surface area contributed by atoms with Gasteiger partial charge in [0.25, 0.3) is 0 Å². The van der Waals surface area contributed by atoms with E-state index in [1.54, 1.807) is 0 Å². The number of nitrogens with zero attached hydrogens (tertiary/aromatic N) is 1. The van der Waals surface area contributed by atoms with Gasteiger partial charge in [-0.3, -0.25) is 14.6 Å². The lowest BCUT2D eigenvalue weighted by Crippen LogP contribution is -2.25. The Morgan fingerprint density at radius 1 is 1.47 bits per heavy atom. The van der Waals surface area contributed by atoms with E-state index in [0.717, 1.165) is 11.4 Å². The summed E-state index contributed by atoms with van der Waals surface area (Å²) < 4.78 is 0. The molecule has 2 amide bonds. The average molecular weight is 233 g/mol. The molecule has 1 atom stereocenters. The fourth-order valence-corrected chi connectivity index (χ4v) is 1.84. The molecule has 0 radical (unpaired) electrons. The van der Waals surface area contributed by atoms with Crippen molar-refractivity contribution in [2.75, 3.05) is 11.9 Å². The molecule has 5 heteroatoms. The van der Waals surface area contributed by atoms with E-state index in [2.05, 4.69) is 15.6 Å². The van der Waals surface area contributed by atoms with Gasteiger partial charge in [0.2, 0.25) is 11.8 Å². The first kappa shape index (κ1) is 11.6. The number of aromatic nitrogens is 1. The third kappa shape index (κ3) is 2.61. The Bertz CT molecular complexity index is 471. The molecule has 1 saturated heterocycles. The van der Waals surface area contributed by atoms with Crippen LogP contribution in [0.1, 0.15) is 17.8 Å². The van der Waals surface area contributed by atoms with E-state index in [9.17, 15) is 9.59 Å². The van der Waals surface area contributed by atoms with Crippen molar-refractivity contribution in [1.29, 1.82) is 0 Å². The van der Waals surface area contributed by atoms with Gasteiger partial charge in [0.1, 0.15) is 0 Å². The third-order valence-corrected chi connectivity index (χ3v) is 2.83. The number of hydrogen-bond acceptors (Lipinski definition) is 3. The summed E-state index contributed by atoms with van der Waals surface area (Å²) in [6, 6.07) is 3.68. The molecule has 17 heavy (non-hydrogen) atoms. The van der Waals surface area contributed by atoms with E-state index in [1.165, 1.54) is 0 Å². The largest absolute Gasteiger partial charge is 0.355 e. The van der Waals surface area contributed by atoms with Crippen LogP contribution in [0.5, 0.6) is 0 Å². The molecule has 2 rings (SSSR count). The van der Waals surface area contributed by atoms with Crippen molar-refractivity contribution in [1.82, 2.24) is 10.3 Å². The van der Waals surface area contributed by atoms with Crippen LogP contribution in [0, 0.1) is 19.8 Å². The fraction of sp³-hybridized carbons (Fsp3) is 0.417. The maximum Gasteiger partial charge on any atom is 0.229 e. The topological polar surface area (TPSA) is 71.1 Å². The van der Waals surface area contributed by atoms with Crippen LogP contribution < -0.4 is 10.6 Å². The molecule has 0 saturated carbocycles. The molecular weight excluding hydrogens is 218 g/mol. The molecule has 1 fully saturated rings. The molecule has 1 aliphatic heterocycles. The van der Waals surface area contributed by atoms with E-state index < -0.39 is 0 Å². The summed E-state index contributed by atoms with van der Waals surface area (Å²) in [4.78, 5) is 27.2. The van der Waals surface area contributed by atoms with Crippen LogP contribution in [0.25, 0.3) is 0 Å². The minimum absolute atomic E-state index is 0.0658. The predicted octanol–water partition coefficient (Wildman–Crippen LogP) is 0.773. The highest BCUT2D eigenvalue weighted by molar-refractivity contribution is 5.97. The predicted molar refractivity (Wildman–Crippen MR) is 63.5 cm³/mol. The first-order chi connectivity index (χ1) is 8.06. The van der Waals surface area contributed by atoms with Gasteiger partial charge in [-0.2, -0.15) is 0 Å². The van der Waals surface area contributed by atoms with Crippen molar-refractivity contribution in [3.8, 4) is 0 Å². The first-order valence-corrected chi connectivity index (χ1v) is 5.58. The summed E-state index contributed by atoms with van der Waals surface area (Å²) >= 11 is 0. The Balaban J connectivity index is 2.05. The summed E-state index contributed by atoms with van der Waals surface area (Å²) in [7, 11) is 0. The summed E-state index contributed by atoms with van der Waals surface area (Å²) in [5.74, 6) is -0.468. The molecular formula is C12H15N3O2. The monoisotopic (exact) mass is 233 g/mol. The van der Waals surface area contributed by atoms with Gasteiger partial charge >= 0.3 is 0 Å². The Morgan fingerprint density at radius 3 is 2.82 bits per heavy atom. The lowest BCUT2D eigenvalue weighted by Gasteiger charge is -2.11. The van der Waals surface area contributed by atoms with E-state index in [4.69, 9.17) is 0 Å². The molecule has 0 aromatic carbocycles. The van der Waals surface area contributed by atoms with Crippen LogP contribution in [-0.2, 0) is 9.59 Å². The zero-order valence-electron chi connectivity index (χ0n) is 9.91. The SMILES string of the molecule is Cc1ccc(NC(=O)C2CNC(=O)C2)c(C)n1. The van der Waals surface area contributed by atoms with Crippen LogP contribution in [0.3, 0.4) is 0 Å². The minimum Gasteiger partial charge on any atom is -0.355 e. The van der Waals surface area contributed by atoms with Gasteiger partial charge in [-0.05, 0) is 26.0 Å². The molecule has 1 aromatic rings. The number of carbonyl (C=O) groups excluding carboxylic acids is 2. The van der Waals surface area contributed by atoms with Gasteiger partial charge in [-0.15, -0.1) is 0 Å². The number of amides is 2. The van der Waals surface area contributed by atoms with E-state index in [0.29, 0.717) is 12.2 Å². The Labute approximate surface area is 99.6 Å². The maximum absolute atomic E-state index is 11.9. The van der Waals surface area contributed by atoms with Crippen molar-refractivity contribution in [3.05, 3.63) is 23.5 Å². The van der Waals surface area contributed by atoms with Gasteiger partial charge in [0.05, 0.1) is 17.3 Å². The summed E-state index contributed by atoms with van der Waals surface area (Å²) in [5, 5.41) is 5.45. The van der Waals surface area contributed by atoms with Gasteiger partial charge in [0.15, 0.2) is 0 Å². The Kier molecular flexibility index (Phi) is 3.08. The normalized spacial score (nSPS) is 18.9. The molecule has 1 aromatic heterocycles. The second kappa shape index (κ2) is 4.53. The van der Waals surface area contributed by atoms with Crippen molar-refractivity contribution in [3.63, 3.8) is 0 Å². The van der Waals surface area contributed by atoms with E-state index in [-0.39, 0.29) is 24.2 Å². The van der Waals surface area contributed by atoms with Crippen molar-refractivity contribution in [2.24, 2.45) is 5.92 Å². The zero-order chi connectivity index (χ0) is 12.4. The Morgan fingerprint density at radius 2 is 2.24 bits per heavy atom. The smallest absolute Gasteiger partial charge is 0.229 e. The number of aryl methyl sites for hydroxylation is 2. The van der Waals surface area contributed by atoms with Gasteiger partial charge < -0.3 is 10.6 Å². The molecule has 0 aliphatic carbocycles. The van der Waals surface area contributed by atoms with Crippen LogP contribution in [0.4, 0.5) is 5.69 Å². The van der Waals surface area contributed by atoms with Crippen molar-refractivity contribution < 1.29 is 9.59 Å². The van der Waals surface area contributed by atoms with Crippen LogP contribution >= 0.6 is 0 Å². The fourth-order valence-electron chi connectivity index (χ4n) is 1.84. The molecule has 0 spiro atoms. The molecule has 0 bridgehead atoms. The van der Waals surface area contributed by atoms with Gasteiger partial charge in [-0.1, -0.05) is 0 Å². The van der Waals surface area contributed by atoms with Crippen LogP contribution in [0.2, 0.25) is 0 Å². The standard InChI is InChI=1S/C12H15N3O2/c1-7-3-4-10(8(2)14-7)15-12(17)9-5-11(16)13-6-9/h3-4,9H,5-6H2,1-2H3,(H,13,16)(H,15,17). The summed E-state index contributed by atoms with van der Waals surface area (Å²) in [6.07, 6.45) is 0.268. The van der Waals surface area contributed by atoms with Gasteiger partial charge in [-0.25, -0.2) is 0 Å². The average Bonchev–Trinajstić information content (AvgIpc) is 2.69. The lowest BCUT2D eigenvalue weighted by molar-refractivity contribution is -0.123. The van der Waals surface area contributed by atoms with Gasteiger partial charge in [0, 0.05) is 18.7 Å².